The molecule has 2 aromatic rings. The molecule has 3 rings (SSSR count). The van der Waals surface area contributed by atoms with E-state index < -0.39 is 0 Å². The van der Waals surface area contributed by atoms with Gasteiger partial charge in [-0.15, -0.1) is 0 Å². The predicted molar refractivity (Wildman–Crippen MR) is 66.7 cm³/mol. The van der Waals surface area contributed by atoms with E-state index in [2.05, 4.69) is 9.97 Å². The smallest absolute Gasteiger partial charge is 0.161 e. The Bertz CT molecular complexity index is 525. The lowest BCUT2D eigenvalue weighted by Gasteiger charge is -2.20. The van der Waals surface area contributed by atoms with Crippen molar-refractivity contribution in [3.63, 3.8) is 0 Å². The summed E-state index contributed by atoms with van der Waals surface area (Å²) in [5.41, 5.74) is 7.19. The highest BCUT2D eigenvalue weighted by molar-refractivity contribution is 5.44. The normalized spacial score (nSPS) is 15.4. The molecule has 1 atom stereocenters. The molecule has 0 spiro atoms. The minimum Gasteiger partial charge on any atom is -0.486 e. The zero-order valence-corrected chi connectivity index (χ0v) is 9.93. The number of aromatic amines is 1. The zero-order valence-electron chi connectivity index (χ0n) is 9.93. The van der Waals surface area contributed by atoms with Gasteiger partial charge in [-0.3, -0.25) is 0 Å². The summed E-state index contributed by atoms with van der Waals surface area (Å²) in [4.78, 5) is 7.23. The van der Waals surface area contributed by atoms with Crippen LogP contribution in [0.3, 0.4) is 0 Å². The quantitative estimate of drug-likeness (QED) is 0.857. The molecule has 0 bridgehead atoms. The first-order valence-corrected chi connectivity index (χ1v) is 5.96. The number of benzene rings is 1. The third-order valence-corrected chi connectivity index (χ3v) is 2.96. The Morgan fingerprint density at radius 3 is 2.89 bits per heavy atom. The first kappa shape index (κ1) is 11.1. The van der Waals surface area contributed by atoms with Crippen LogP contribution in [0.25, 0.3) is 0 Å². The van der Waals surface area contributed by atoms with E-state index in [0.29, 0.717) is 19.6 Å². The second-order valence-electron chi connectivity index (χ2n) is 4.25. The molecule has 0 aliphatic carbocycles. The zero-order chi connectivity index (χ0) is 12.4. The highest BCUT2D eigenvalue weighted by atomic mass is 16.6. The van der Waals surface area contributed by atoms with Crippen LogP contribution in [0.4, 0.5) is 0 Å². The van der Waals surface area contributed by atoms with E-state index in [1.165, 1.54) is 0 Å². The fraction of sp³-hybridized carbons (Fsp3) is 0.308. The Morgan fingerprint density at radius 2 is 2.11 bits per heavy atom. The molecule has 3 N–H and O–H groups in total. The number of hydrogen-bond acceptors (Lipinski definition) is 4. The van der Waals surface area contributed by atoms with Crippen LogP contribution in [0.15, 0.2) is 30.6 Å². The molecule has 0 saturated carbocycles. The number of aromatic nitrogens is 2. The molecule has 18 heavy (non-hydrogen) atoms. The van der Waals surface area contributed by atoms with Crippen molar-refractivity contribution in [1.82, 2.24) is 9.97 Å². The summed E-state index contributed by atoms with van der Waals surface area (Å²) in [5.74, 6) is 2.45. The SMILES string of the molecule is NC(Cc1ncc[nH]1)c1ccc2c(c1)OCCO2. The largest absolute Gasteiger partial charge is 0.486 e. The van der Waals surface area contributed by atoms with E-state index in [1.807, 2.05) is 18.2 Å². The molecule has 0 radical (unpaired) electrons. The number of ether oxygens (including phenoxy) is 2. The van der Waals surface area contributed by atoms with Gasteiger partial charge in [-0.1, -0.05) is 6.07 Å². The van der Waals surface area contributed by atoms with Gasteiger partial charge in [0.15, 0.2) is 11.5 Å². The van der Waals surface area contributed by atoms with Gasteiger partial charge in [-0.25, -0.2) is 4.98 Å². The number of rotatable bonds is 3. The fourth-order valence-corrected chi connectivity index (χ4v) is 2.03. The second kappa shape index (κ2) is 4.70. The molecule has 1 aromatic carbocycles. The topological polar surface area (TPSA) is 73.2 Å². The van der Waals surface area contributed by atoms with Crippen LogP contribution >= 0.6 is 0 Å². The first-order chi connectivity index (χ1) is 8.83. The molecular weight excluding hydrogens is 230 g/mol. The van der Waals surface area contributed by atoms with E-state index in [4.69, 9.17) is 15.2 Å². The molecule has 5 heteroatoms. The Hall–Kier alpha value is -2.01. The molecule has 1 aliphatic rings. The van der Waals surface area contributed by atoms with E-state index in [9.17, 15) is 0 Å². The van der Waals surface area contributed by atoms with Crippen molar-refractivity contribution < 1.29 is 9.47 Å². The van der Waals surface area contributed by atoms with Gasteiger partial charge in [0, 0.05) is 24.9 Å². The summed E-state index contributed by atoms with van der Waals surface area (Å²) in [5, 5.41) is 0. The molecule has 0 saturated heterocycles. The van der Waals surface area contributed by atoms with E-state index in [-0.39, 0.29) is 6.04 Å². The average Bonchev–Trinajstić information content (AvgIpc) is 2.91. The maximum absolute atomic E-state index is 6.16. The standard InChI is InChI=1S/C13H15N3O2/c14-10(8-13-15-3-4-16-13)9-1-2-11-12(7-9)18-6-5-17-11/h1-4,7,10H,5-6,8,14H2,(H,15,16). The van der Waals surface area contributed by atoms with Gasteiger partial charge in [0.1, 0.15) is 19.0 Å². The van der Waals surface area contributed by atoms with E-state index in [1.54, 1.807) is 12.4 Å². The van der Waals surface area contributed by atoms with Crippen LogP contribution in [0.5, 0.6) is 11.5 Å². The Morgan fingerprint density at radius 1 is 1.28 bits per heavy atom. The summed E-state index contributed by atoms with van der Waals surface area (Å²) < 4.78 is 11.0. The summed E-state index contributed by atoms with van der Waals surface area (Å²) in [7, 11) is 0. The summed E-state index contributed by atoms with van der Waals surface area (Å²) in [6.45, 7) is 1.19. The van der Waals surface area contributed by atoms with Crippen molar-refractivity contribution in [2.45, 2.75) is 12.5 Å². The lowest BCUT2D eigenvalue weighted by atomic mass is 10.0. The van der Waals surface area contributed by atoms with Gasteiger partial charge in [0.25, 0.3) is 0 Å². The molecule has 5 nitrogen and oxygen atoms in total. The monoisotopic (exact) mass is 245 g/mol. The highest BCUT2D eigenvalue weighted by Gasteiger charge is 2.15. The van der Waals surface area contributed by atoms with Crippen molar-refractivity contribution >= 4 is 0 Å². The van der Waals surface area contributed by atoms with Crippen LogP contribution in [0.1, 0.15) is 17.4 Å². The van der Waals surface area contributed by atoms with E-state index in [0.717, 1.165) is 22.9 Å². The number of fused-ring (bicyclic) bond motifs is 1. The van der Waals surface area contributed by atoms with Crippen molar-refractivity contribution in [1.29, 1.82) is 0 Å². The molecule has 1 unspecified atom stereocenters. The van der Waals surface area contributed by atoms with Crippen molar-refractivity contribution in [3.05, 3.63) is 42.0 Å². The molecule has 1 aromatic heterocycles. The molecule has 0 fully saturated rings. The van der Waals surface area contributed by atoms with E-state index >= 15 is 0 Å². The molecule has 1 aliphatic heterocycles. The van der Waals surface area contributed by atoms with Crippen LogP contribution in [0.2, 0.25) is 0 Å². The summed E-state index contributed by atoms with van der Waals surface area (Å²) in [6.07, 6.45) is 4.20. The Kier molecular flexibility index (Phi) is 2.90. The van der Waals surface area contributed by atoms with Gasteiger partial charge in [0.2, 0.25) is 0 Å². The molecular formula is C13H15N3O2. The van der Waals surface area contributed by atoms with Gasteiger partial charge >= 0.3 is 0 Å². The lowest BCUT2D eigenvalue weighted by molar-refractivity contribution is 0.171. The number of nitrogens with one attached hydrogen (secondary N) is 1. The van der Waals surface area contributed by atoms with Gasteiger partial charge in [0.05, 0.1) is 0 Å². The molecule has 94 valence electrons. The average molecular weight is 245 g/mol. The summed E-state index contributed by atoms with van der Waals surface area (Å²) in [6, 6.07) is 5.72. The number of H-pyrrole nitrogens is 1. The fourth-order valence-electron chi connectivity index (χ4n) is 2.03. The molecule has 2 heterocycles. The number of hydrogen-bond donors (Lipinski definition) is 2. The third-order valence-electron chi connectivity index (χ3n) is 2.96. The Labute approximate surface area is 105 Å². The van der Waals surface area contributed by atoms with Crippen molar-refractivity contribution in [2.24, 2.45) is 5.73 Å². The first-order valence-electron chi connectivity index (χ1n) is 5.96. The lowest BCUT2D eigenvalue weighted by Crippen LogP contribution is -2.17. The van der Waals surface area contributed by atoms with Crippen molar-refractivity contribution in [3.8, 4) is 11.5 Å². The Balaban J connectivity index is 1.79. The minimum absolute atomic E-state index is 0.105. The predicted octanol–water partition coefficient (Wildman–Crippen LogP) is 1.42. The van der Waals surface area contributed by atoms with Gasteiger partial charge < -0.3 is 20.2 Å². The second-order valence-corrected chi connectivity index (χ2v) is 4.25. The van der Waals surface area contributed by atoms with Gasteiger partial charge in [-0.05, 0) is 17.7 Å². The van der Waals surface area contributed by atoms with Crippen LogP contribution in [-0.2, 0) is 6.42 Å². The summed E-state index contributed by atoms with van der Waals surface area (Å²) >= 11 is 0. The number of nitrogens with zero attached hydrogens (tertiary/aromatic N) is 1. The maximum atomic E-state index is 6.16. The number of imidazole rings is 1. The maximum Gasteiger partial charge on any atom is 0.161 e. The van der Waals surface area contributed by atoms with Crippen LogP contribution in [-0.4, -0.2) is 23.2 Å². The highest BCUT2D eigenvalue weighted by Crippen LogP contribution is 2.32. The minimum atomic E-state index is -0.105. The van der Waals surface area contributed by atoms with Gasteiger partial charge in [-0.2, -0.15) is 0 Å². The van der Waals surface area contributed by atoms with Crippen molar-refractivity contribution in [2.75, 3.05) is 13.2 Å². The van der Waals surface area contributed by atoms with Crippen LogP contribution in [0, 0.1) is 0 Å². The third kappa shape index (κ3) is 2.17. The van der Waals surface area contributed by atoms with Crippen LogP contribution < -0.4 is 15.2 Å². The molecule has 0 amide bonds. The number of nitrogens with two attached hydrogens (primary N) is 1.